The van der Waals surface area contributed by atoms with Crippen molar-refractivity contribution in [1.82, 2.24) is 5.01 Å². The lowest BCUT2D eigenvalue weighted by Gasteiger charge is -2.39. The van der Waals surface area contributed by atoms with E-state index in [1.54, 1.807) is 6.07 Å². The van der Waals surface area contributed by atoms with Crippen molar-refractivity contribution in [2.24, 2.45) is 11.0 Å². The van der Waals surface area contributed by atoms with Crippen molar-refractivity contribution < 1.29 is 9.84 Å². The van der Waals surface area contributed by atoms with Crippen molar-refractivity contribution in [3.63, 3.8) is 0 Å². The number of phenolic OH excluding ortho intramolecular Hbond substituents is 1. The van der Waals surface area contributed by atoms with Crippen LogP contribution < -0.4 is 4.74 Å². The van der Waals surface area contributed by atoms with Crippen LogP contribution in [-0.2, 0) is 0 Å². The van der Waals surface area contributed by atoms with E-state index in [1.165, 1.54) is 5.56 Å². The largest absolute Gasteiger partial charge is 0.507 e. The second kappa shape index (κ2) is 5.55. The van der Waals surface area contributed by atoms with Gasteiger partial charge in [-0.05, 0) is 25.1 Å². The molecular formula is C20H22N2O2. The zero-order chi connectivity index (χ0) is 16.8. The zero-order valence-corrected chi connectivity index (χ0v) is 14.2. The van der Waals surface area contributed by atoms with Crippen molar-refractivity contribution in [3.8, 4) is 11.5 Å². The first-order valence-electron chi connectivity index (χ1n) is 8.46. The van der Waals surface area contributed by atoms with Crippen LogP contribution in [0.4, 0.5) is 0 Å². The minimum absolute atomic E-state index is 0.0886. The Labute approximate surface area is 142 Å². The number of aromatic hydroxyl groups is 1. The number of para-hydroxylation sites is 1. The summed E-state index contributed by atoms with van der Waals surface area (Å²) in [6.07, 6.45) is 0.690. The Hall–Kier alpha value is -2.49. The van der Waals surface area contributed by atoms with E-state index in [4.69, 9.17) is 9.84 Å². The van der Waals surface area contributed by atoms with Gasteiger partial charge < -0.3 is 9.84 Å². The van der Waals surface area contributed by atoms with Gasteiger partial charge in [-0.25, -0.2) is 5.01 Å². The normalized spacial score (nSPS) is 22.0. The Morgan fingerprint density at radius 1 is 1.21 bits per heavy atom. The van der Waals surface area contributed by atoms with Gasteiger partial charge >= 0.3 is 0 Å². The van der Waals surface area contributed by atoms with Gasteiger partial charge in [-0.3, -0.25) is 0 Å². The number of ether oxygens (including phenoxy) is 1. The number of fused-ring (bicyclic) bond motifs is 3. The molecule has 2 atom stereocenters. The molecule has 0 aromatic heterocycles. The molecule has 0 saturated carbocycles. The predicted octanol–water partition coefficient (Wildman–Crippen LogP) is 4.23. The van der Waals surface area contributed by atoms with Gasteiger partial charge in [0.25, 0.3) is 0 Å². The summed E-state index contributed by atoms with van der Waals surface area (Å²) in [7, 11) is 0. The van der Waals surface area contributed by atoms with Crippen LogP contribution in [0.3, 0.4) is 0 Å². The van der Waals surface area contributed by atoms with Crippen LogP contribution in [0.15, 0.2) is 47.6 Å². The van der Waals surface area contributed by atoms with E-state index < -0.39 is 0 Å². The molecule has 0 spiro atoms. The van der Waals surface area contributed by atoms with Crippen LogP contribution in [-0.4, -0.2) is 22.1 Å². The van der Waals surface area contributed by atoms with Gasteiger partial charge in [0, 0.05) is 23.5 Å². The van der Waals surface area contributed by atoms with Crippen molar-refractivity contribution >= 4 is 5.71 Å². The minimum atomic E-state index is -0.0886. The van der Waals surface area contributed by atoms with Gasteiger partial charge in [0.05, 0.1) is 11.8 Å². The molecule has 0 radical (unpaired) electrons. The summed E-state index contributed by atoms with van der Waals surface area (Å²) in [4.78, 5) is 0. The summed E-state index contributed by atoms with van der Waals surface area (Å²) in [6, 6.07) is 14.0. The molecule has 124 valence electrons. The second-order valence-corrected chi connectivity index (χ2v) is 6.96. The maximum Gasteiger partial charge on any atom is 0.190 e. The number of hydrogen-bond acceptors (Lipinski definition) is 4. The van der Waals surface area contributed by atoms with Crippen LogP contribution in [0.25, 0.3) is 0 Å². The number of phenols is 1. The van der Waals surface area contributed by atoms with Crippen LogP contribution in [0.2, 0.25) is 0 Å². The third-order valence-corrected chi connectivity index (χ3v) is 4.76. The molecule has 4 rings (SSSR count). The van der Waals surface area contributed by atoms with E-state index >= 15 is 0 Å². The molecule has 2 aliphatic heterocycles. The van der Waals surface area contributed by atoms with Gasteiger partial charge in [0.1, 0.15) is 11.5 Å². The molecule has 4 nitrogen and oxygen atoms in total. The van der Waals surface area contributed by atoms with Crippen molar-refractivity contribution in [1.29, 1.82) is 0 Å². The van der Waals surface area contributed by atoms with Gasteiger partial charge in [0.2, 0.25) is 0 Å². The summed E-state index contributed by atoms with van der Waals surface area (Å²) in [6.45, 7) is 6.32. The summed E-state index contributed by atoms with van der Waals surface area (Å²) in [5.74, 6) is 1.55. The highest BCUT2D eigenvalue weighted by atomic mass is 16.5. The fourth-order valence-electron chi connectivity index (χ4n) is 3.55. The zero-order valence-electron chi connectivity index (χ0n) is 14.2. The highest BCUT2D eigenvalue weighted by Gasteiger charge is 2.41. The number of nitrogens with zero attached hydrogens (tertiary/aromatic N) is 2. The van der Waals surface area contributed by atoms with Crippen molar-refractivity contribution in [2.75, 3.05) is 0 Å². The number of hydrazone groups is 1. The highest BCUT2D eigenvalue weighted by molar-refractivity contribution is 6.04. The second-order valence-electron chi connectivity index (χ2n) is 6.96. The monoisotopic (exact) mass is 322 g/mol. The quantitative estimate of drug-likeness (QED) is 0.900. The topological polar surface area (TPSA) is 45.1 Å². The molecule has 2 aromatic carbocycles. The smallest absolute Gasteiger partial charge is 0.190 e. The number of rotatable bonds is 2. The van der Waals surface area contributed by atoms with Crippen molar-refractivity contribution in [3.05, 3.63) is 59.2 Å². The summed E-state index contributed by atoms with van der Waals surface area (Å²) in [5.41, 5.74) is 4.03. The van der Waals surface area contributed by atoms with Crippen LogP contribution in [0, 0.1) is 12.8 Å². The van der Waals surface area contributed by atoms with Crippen molar-refractivity contribution in [2.45, 2.75) is 39.5 Å². The molecule has 2 aliphatic rings. The van der Waals surface area contributed by atoms with E-state index in [0.717, 1.165) is 29.0 Å². The molecule has 0 aliphatic carbocycles. The van der Waals surface area contributed by atoms with E-state index in [9.17, 15) is 5.11 Å². The highest BCUT2D eigenvalue weighted by Crippen LogP contribution is 2.44. The van der Waals surface area contributed by atoms with Gasteiger partial charge in [-0.15, -0.1) is 0 Å². The van der Waals surface area contributed by atoms with E-state index in [2.05, 4.69) is 24.9 Å². The maximum atomic E-state index is 10.3. The lowest BCUT2D eigenvalue weighted by Crippen LogP contribution is -2.43. The molecule has 2 aromatic rings. The first-order valence-corrected chi connectivity index (χ1v) is 8.46. The third kappa shape index (κ3) is 2.33. The molecule has 0 bridgehead atoms. The average Bonchev–Trinajstić information content (AvgIpc) is 3.01. The van der Waals surface area contributed by atoms with E-state index in [1.807, 2.05) is 37.3 Å². The molecule has 4 heteroatoms. The Kier molecular flexibility index (Phi) is 3.48. The van der Waals surface area contributed by atoms with Crippen LogP contribution in [0.5, 0.6) is 11.5 Å². The Morgan fingerprint density at radius 3 is 2.79 bits per heavy atom. The number of benzene rings is 2. The first-order chi connectivity index (χ1) is 11.5. The first kappa shape index (κ1) is 15.1. The molecule has 0 saturated heterocycles. The van der Waals surface area contributed by atoms with Gasteiger partial charge in [0.15, 0.2) is 6.23 Å². The lowest BCUT2D eigenvalue weighted by molar-refractivity contribution is -0.0461. The molecule has 0 fully saturated rings. The Balaban J connectivity index is 1.78. The third-order valence-electron chi connectivity index (χ3n) is 4.76. The van der Waals surface area contributed by atoms with E-state index in [-0.39, 0.29) is 18.0 Å². The maximum absolute atomic E-state index is 10.3. The Bertz CT molecular complexity index is 813. The summed E-state index contributed by atoms with van der Waals surface area (Å²) >= 11 is 0. The summed E-state index contributed by atoms with van der Waals surface area (Å²) < 4.78 is 6.20. The molecular weight excluding hydrogens is 300 g/mol. The van der Waals surface area contributed by atoms with Crippen LogP contribution in [0.1, 0.15) is 43.0 Å². The molecule has 0 amide bonds. The fourth-order valence-corrected chi connectivity index (χ4v) is 3.55. The fraction of sp³-hybridized carbons (Fsp3) is 0.350. The lowest BCUT2D eigenvalue weighted by atomic mass is 9.95. The van der Waals surface area contributed by atoms with Crippen LogP contribution >= 0.6 is 0 Å². The summed E-state index contributed by atoms with van der Waals surface area (Å²) in [5, 5.41) is 17.2. The van der Waals surface area contributed by atoms with Gasteiger partial charge in [-0.1, -0.05) is 43.7 Å². The van der Waals surface area contributed by atoms with E-state index in [0.29, 0.717) is 5.92 Å². The minimum Gasteiger partial charge on any atom is -0.507 e. The average molecular weight is 322 g/mol. The molecule has 2 heterocycles. The number of hydrogen-bond donors (Lipinski definition) is 1. The molecule has 0 unspecified atom stereocenters. The standard InChI is InChI=1S/C20H22N2O2/c1-12(2)20-22-17(14-6-4-5-7-19(14)24-20)11-16(21-22)15-10-13(3)8-9-18(15)23/h4-10,12,17,20,23H,11H2,1-3H3/t17-,20-/m1/s1. The number of aryl methyl sites for hydroxylation is 1. The predicted molar refractivity (Wildman–Crippen MR) is 94.3 cm³/mol. The Morgan fingerprint density at radius 2 is 2.00 bits per heavy atom. The molecule has 24 heavy (non-hydrogen) atoms. The van der Waals surface area contributed by atoms with Gasteiger partial charge in [-0.2, -0.15) is 5.10 Å². The molecule has 1 N–H and O–H groups in total. The SMILES string of the molecule is Cc1ccc(O)c(C2=NN3[C@H](C2)c2ccccc2O[C@@H]3C(C)C)c1.